The zero-order valence-electron chi connectivity index (χ0n) is 9.53. The highest BCUT2D eigenvalue weighted by atomic mass is 32.1. The molecule has 0 fully saturated rings. The van der Waals surface area contributed by atoms with Gasteiger partial charge < -0.3 is 5.32 Å². The van der Waals surface area contributed by atoms with Gasteiger partial charge in [-0.25, -0.2) is 0 Å². The van der Waals surface area contributed by atoms with E-state index in [-0.39, 0.29) is 0 Å². The van der Waals surface area contributed by atoms with Crippen LogP contribution in [0.2, 0.25) is 0 Å². The largest absolute Gasteiger partial charge is 0.313 e. The van der Waals surface area contributed by atoms with Gasteiger partial charge in [-0.05, 0) is 19.5 Å². The molecule has 0 aliphatic carbocycles. The average molecular weight is 233 g/mol. The van der Waals surface area contributed by atoms with E-state index in [1.54, 1.807) is 11.3 Å². The summed E-state index contributed by atoms with van der Waals surface area (Å²) in [5, 5.41) is 13.5. The summed E-state index contributed by atoms with van der Waals surface area (Å²) in [6.45, 7) is 2.89. The normalized spacial score (nSPS) is 10.6. The van der Waals surface area contributed by atoms with Crippen LogP contribution in [0.1, 0.15) is 21.1 Å². The summed E-state index contributed by atoms with van der Waals surface area (Å²) in [7, 11) is 1.92. The number of hydrogen-bond donors (Lipinski definition) is 1. The van der Waals surface area contributed by atoms with Gasteiger partial charge in [-0.2, -0.15) is 0 Å². The van der Waals surface area contributed by atoms with E-state index in [1.807, 2.05) is 7.05 Å². The van der Waals surface area contributed by atoms with Crippen LogP contribution in [-0.2, 0) is 13.0 Å². The molecule has 1 aromatic carbocycles. The SMILES string of the molecule is CNCc1nnc(Cc2ccc(C)cc2)s1. The molecule has 0 amide bonds. The van der Waals surface area contributed by atoms with Gasteiger partial charge in [0.25, 0.3) is 0 Å². The molecule has 4 heteroatoms. The molecule has 0 unspecified atom stereocenters. The van der Waals surface area contributed by atoms with Crippen LogP contribution >= 0.6 is 11.3 Å². The first kappa shape index (κ1) is 11.2. The Morgan fingerprint density at radius 1 is 1.12 bits per heavy atom. The maximum absolute atomic E-state index is 4.18. The molecule has 1 aromatic heterocycles. The monoisotopic (exact) mass is 233 g/mol. The van der Waals surface area contributed by atoms with Crippen LogP contribution in [0.3, 0.4) is 0 Å². The summed E-state index contributed by atoms with van der Waals surface area (Å²) in [5.74, 6) is 0. The zero-order valence-corrected chi connectivity index (χ0v) is 10.3. The summed E-state index contributed by atoms with van der Waals surface area (Å²) in [6, 6.07) is 8.55. The second-order valence-electron chi connectivity index (χ2n) is 3.78. The average Bonchev–Trinajstić information content (AvgIpc) is 2.70. The number of aryl methyl sites for hydroxylation is 1. The lowest BCUT2D eigenvalue weighted by Gasteiger charge is -1.97. The fourth-order valence-electron chi connectivity index (χ4n) is 1.46. The fourth-order valence-corrected chi connectivity index (χ4v) is 2.35. The Bertz CT molecular complexity index is 448. The van der Waals surface area contributed by atoms with Crippen molar-refractivity contribution in [3.8, 4) is 0 Å². The Balaban J connectivity index is 2.05. The second-order valence-corrected chi connectivity index (χ2v) is 4.93. The molecule has 1 heterocycles. The summed E-state index contributed by atoms with van der Waals surface area (Å²) in [6.07, 6.45) is 0.877. The summed E-state index contributed by atoms with van der Waals surface area (Å²) in [4.78, 5) is 0. The van der Waals surface area contributed by atoms with E-state index in [1.165, 1.54) is 11.1 Å². The maximum atomic E-state index is 4.18. The van der Waals surface area contributed by atoms with E-state index in [2.05, 4.69) is 46.7 Å². The van der Waals surface area contributed by atoms with Gasteiger partial charge in [-0.15, -0.1) is 10.2 Å². The molecule has 16 heavy (non-hydrogen) atoms. The predicted molar refractivity (Wildman–Crippen MR) is 66.7 cm³/mol. The van der Waals surface area contributed by atoms with Gasteiger partial charge >= 0.3 is 0 Å². The van der Waals surface area contributed by atoms with Crippen LogP contribution in [0.5, 0.6) is 0 Å². The minimum absolute atomic E-state index is 0.797. The zero-order chi connectivity index (χ0) is 11.4. The highest BCUT2D eigenvalue weighted by Crippen LogP contribution is 2.14. The number of nitrogens with zero attached hydrogens (tertiary/aromatic N) is 2. The molecular formula is C12H15N3S. The van der Waals surface area contributed by atoms with Crippen molar-refractivity contribution < 1.29 is 0 Å². The third kappa shape index (κ3) is 2.87. The van der Waals surface area contributed by atoms with Crippen molar-refractivity contribution in [3.05, 3.63) is 45.4 Å². The van der Waals surface area contributed by atoms with Gasteiger partial charge in [0.15, 0.2) is 0 Å². The minimum atomic E-state index is 0.797. The van der Waals surface area contributed by atoms with Gasteiger partial charge in [-0.3, -0.25) is 0 Å². The molecule has 2 rings (SSSR count). The molecule has 3 nitrogen and oxygen atoms in total. The Hall–Kier alpha value is -1.26. The second kappa shape index (κ2) is 5.18. The van der Waals surface area contributed by atoms with Crippen molar-refractivity contribution >= 4 is 11.3 Å². The first-order chi connectivity index (χ1) is 7.78. The minimum Gasteiger partial charge on any atom is -0.313 e. The Morgan fingerprint density at radius 3 is 2.50 bits per heavy atom. The molecule has 0 atom stereocenters. The van der Waals surface area contributed by atoms with Crippen molar-refractivity contribution in [1.82, 2.24) is 15.5 Å². The molecule has 0 bridgehead atoms. The number of rotatable bonds is 4. The molecule has 0 aliphatic heterocycles. The third-order valence-electron chi connectivity index (χ3n) is 2.31. The lowest BCUT2D eigenvalue weighted by atomic mass is 10.1. The Kier molecular flexibility index (Phi) is 3.64. The molecule has 0 aliphatic rings. The predicted octanol–water partition coefficient (Wildman–Crippen LogP) is 2.16. The highest BCUT2D eigenvalue weighted by Gasteiger charge is 2.04. The topological polar surface area (TPSA) is 37.8 Å². The molecule has 0 saturated carbocycles. The van der Waals surface area contributed by atoms with Crippen LogP contribution in [0.15, 0.2) is 24.3 Å². The van der Waals surface area contributed by atoms with Crippen LogP contribution in [-0.4, -0.2) is 17.2 Å². The lowest BCUT2D eigenvalue weighted by molar-refractivity contribution is 0.791. The summed E-state index contributed by atoms with van der Waals surface area (Å²) < 4.78 is 0. The van der Waals surface area contributed by atoms with E-state index in [0.717, 1.165) is 23.0 Å². The van der Waals surface area contributed by atoms with Gasteiger partial charge in [0, 0.05) is 13.0 Å². The lowest BCUT2D eigenvalue weighted by Crippen LogP contribution is -2.04. The maximum Gasteiger partial charge on any atom is 0.131 e. The first-order valence-electron chi connectivity index (χ1n) is 5.29. The van der Waals surface area contributed by atoms with Crippen LogP contribution in [0.4, 0.5) is 0 Å². The molecule has 2 aromatic rings. The summed E-state index contributed by atoms with van der Waals surface area (Å²) in [5.41, 5.74) is 2.58. The van der Waals surface area contributed by atoms with Crippen molar-refractivity contribution in [2.75, 3.05) is 7.05 Å². The van der Waals surface area contributed by atoms with E-state index in [4.69, 9.17) is 0 Å². The fraction of sp³-hybridized carbons (Fsp3) is 0.333. The number of nitrogens with one attached hydrogen (secondary N) is 1. The molecule has 84 valence electrons. The smallest absolute Gasteiger partial charge is 0.131 e. The summed E-state index contributed by atoms with van der Waals surface area (Å²) >= 11 is 1.67. The third-order valence-corrected chi connectivity index (χ3v) is 3.24. The van der Waals surface area contributed by atoms with Crippen molar-refractivity contribution in [1.29, 1.82) is 0 Å². The molecular weight excluding hydrogens is 218 g/mol. The standard InChI is InChI=1S/C12H15N3S/c1-9-3-5-10(6-4-9)7-11-14-15-12(16-11)8-13-2/h3-6,13H,7-8H2,1-2H3. The number of benzene rings is 1. The van der Waals surface area contributed by atoms with E-state index < -0.39 is 0 Å². The van der Waals surface area contributed by atoms with Gasteiger partial charge in [0.05, 0.1) is 0 Å². The van der Waals surface area contributed by atoms with Crippen molar-refractivity contribution in [3.63, 3.8) is 0 Å². The van der Waals surface area contributed by atoms with Crippen LogP contribution < -0.4 is 5.32 Å². The molecule has 1 N–H and O–H groups in total. The van der Waals surface area contributed by atoms with Crippen molar-refractivity contribution in [2.24, 2.45) is 0 Å². The van der Waals surface area contributed by atoms with Crippen LogP contribution in [0, 0.1) is 6.92 Å². The molecule has 0 radical (unpaired) electrons. The quantitative estimate of drug-likeness (QED) is 0.879. The Morgan fingerprint density at radius 2 is 1.81 bits per heavy atom. The Labute approximate surface area is 99.5 Å². The van der Waals surface area contributed by atoms with Gasteiger partial charge in [0.1, 0.15) is 10.0 Å². The number of aromatic nitrogens is 2. The van der Waals surface area contributed by atoms with Crippen LogP contribution in [0.25, 0.3) is 0 Å². The first-order valence-corrected chi connectivity index (χ1v) is 6.11. The molecule has 0 saturated heterocycles. The molecule has 0 spiro atoms. The highest BCUT2D eigenvalue weighted by molar-refractivity contribution is 7.11. The van der Waals surface area contributed by atoms with E-state index >= 15 is 0 Å². The van der Waals surface area contributed by atoms with Gasteiger partial charge in [-0.1, -0.05) is 41.2 Å². The number of hydrogen-bond acceptors (Lipinski definition) is 4. The van der Waals surface area contributed by atoms with Gasteiger partial charge in [0.2, 0.25) is 0 Å². The van der Waals surface area contributed by atoms with E-state index in [9.17, 15) is 0 Å². The van der Waals surface area contributed by atoms with Crippen molar-refractivity contribution in [2.45, 2.75) is 19.9 Å². The van der Waals surface area contributed by atoms with E-state index in [0.29, 0.717) is 0 Å².